The van der Waals surface area contributed by atoms with Crippen LogP contribution in [0.25, 0.3) is 0 Å². The first-order valence-electron chi connectivity index (χ1n) is 21.0. The van der Waals surface area contributed by atoms with E-state index in [1.165, 1.54) is 128 Å². The summed E-state index contributed by atoms with van der Waals surface area (Å²) in [5.74, 6) is 0.282. The normalized spacial score (nSPS) is 22.6. The molecule has 3 unspecified atom stereocenters. The predicted molar refractivity (Wildman–Crippen MR) is 213 cm³/mol. The van der Waals surface area contributed by atoms with E-state index in [1.54, 1.807) is 0 Å². The summed E-state index contributed by atoms with van der Waals surface area (Å²) in [4.78, 5) is 2.18. The summed E-state index contributed by atoms with van der Waals surface area (Å²) < 4.78 is 19.7. The third-order valence-electron chi connectivity index (χ3n) is 10.0. The fourth-order valence-corrected chi connectivity index (χ4v) is 7.11. The molecular weight excluding hydrogens is 602 g/mol. The number of unbranched alkanes of at least 4 members (excludes halogenated alkanes) is 18. The summed E-state index contributed by atoms with van der Waals surface area (Å²) in [5.41, 5.74) is 0. The third-order valence-corrected chi connectivity index (χ3v) is 10.0. The molecule has 0 saturated carbocycles. The molecule has 0 radical (unpaired) electrons. The van der Waals surface area contributed by atoms with Crippen molar-refractivity contribution in [2.45, 2.75) is 205 Å². The van der Waals surface area contributed by atoms with Crippen LogP contribution < -0.4 is 0 Å². The van der Waals surface area contributed by atoms with Crippen molar-refractivity contribution < 1.29 is 14.2 Å². The number of likely N-dealkylation sites (N-methyl/N-ethyl adjacent to an activating group) is 1. The van der Waals surface area contributed by atoms with Crippen molar-refractivity contribution >= 4 is 0 Å². The minimum Gasteiger partial charge on any atom is -0.488 e. The van der Waals surface area contributed by atoms with Gasteiger partial charge in [-0.05, 0) is 91.1 Å². The minimum absolute atomic E-state index is 0.00103. The summed E-state index contributed by atoms with van der Waals surface area (Å²) in [6, 6.07) is 0. The molecule has 0 bridgehead atoms. The quantitative estimate of drug-likeness (QED) is 0.0522. The molecule has 0 aromatic heterocycles. The van der Waals surface area contributed by atoms with Gasteiger partial charge in [0.2, 0.25) is 0 Å². The number of hydrogen-bond acceptors (Lipinski definition) is 4. The van der Waals surface area contributed by atoms with Crippen molar-refractivity contribution in [2.24, 2.45) is 0 Å². The van der Waals surface area contributed by atoms with Gasteiger partial charge in [-0.25, -0.2) is 0 Å². The molecular formula is C45H79NO3. The van der Waals surface area contributed by atoms with Gasteiger partial charge in [-0.3, -0.25) is 0 Å². The zero-order chi connectivity index (χ0) is 35.3. The van der Waals surface area contributed by atoms with Gasteiger partial charge in [0.15, 0.2) is 5.79 Å². The molecule has 2 heterocycles. The van der Waals surface area contributed by atoms with E-state index in [0.29, 0.717) is 0 Å². The minimum atomic E-state index is -0.475. The first-order valence-corrected chi connectivity index (χ1v) is 21.0. The lowest BCUT2D eigenvalue weighted by atomic mass is 9.98. The van der Waals surface area contributed by atoms with Crippen LogP contribution in [0.3, 0.4) is 0 Å². The SMILES string of the molecule is C=C1OC(CN(C)C)C2OC(CCCCCCCCC=CCC=CCCCCC)(CCCCCCCCC=CCC=CCCCCC)OC12. The zero-order valence-electron chi connectivity index (χ0n) is 32.8. The Morgan fingerprint density at radius 2 is 0.959 bits per heavy atom. The standard InChI is InChI=1S/C45H79NO3/c1-6-8-10-12-14-16-18-20-22-24-26-28-30-32-34-36-38-45(48-43-41(3)47-42(40-46(4)5)44(43)49-45)39-37-35-33-31-29-27-25-23-21-19-17-15-13-11-9-7-2/h14-17,20-23,42-44H,3,6-13,18-19,24-40H2,1-2,4-5H3. The van der Waals surface area contributed by atoms with E-state index in [4.69, 9.17) is 14.2 Å². The molecule has 2 aliphatic rings. The second-order valence-corrected chi connectivity index (χ2v) is 15.1. The Kier molecular flexibility index (Phi) is 25.8. The van der Waals surface area contributed by atoms with E-state index in [9.17, 15) is 0 Å². The van der Waals surface area contributed by atoms with E-state index >= 15 is 0 Å². The number of nitrogens with zero attached hydrogens (tertiary/aromatic N) is 1. The van der Waals surface area contributed by atoms with E-state index < -0.39 is 5.79 Å². The maximum absolute atomic E-state index is 6.85. The van der Waals surface area contributed by atoms with Gasteiger partial charge in [0, 0.05) is 19.4 Å². The first-order chi connectivity index (χ1) is 24.0. The summed E-state index contributed by atoms with van der Waals surface area (Å²) in [6.07, 6.45) is 51.0. The van der Waals surface area contributed by atoms with Crippen molar-refractivity contribution in [3.05, 3.63) is 60.9 Å². The monoisotopic (exact) mass is 682 g/mol. The molecule has 49 heavy (non-hydrogen) atoms. The third kappa shape index (κ3) is 20.7. The highest BCUT2D eigenvalue weighted by Crippen LogP contribution is 2.45. The predicted octanol–water partition coefficient (Wildman–Crippen LogP) is 13.3. The van der Waals surface area contributed by atoms with Crippen LogP contribution in [0.2, 0.25) is 0 Å². The van der Waals surface area contributed by atoms with Crippen molar-refractivity contribution in [3.63, 3.8) is 0 Å². The molecule has 0 spiro atoms. The van der Waals surface area contributed by atoms with Gasteiger partial charge >= 0.3 is 0 Å². The van der Waals surface area contributed by atoms with Crippen LogP contribution in [0.1, 0.15) is 181 Å². The molecule has 0 N–H and O–H groups in total. The molecule has 0 aromatic rings. The number of allylic oxidation sites excluding steroid dienone is 8. The van der Waals surface area contributed by atoms with Crippen LogP contribution in [0.5, 0.6) is 0 Å². The van der Waals surface area contributed by atoms with Crippen molar-refractivity contribution in [1.29, 1.82) is 0 Å². The van der Waals surface area contributed by atoms with Gasteiger partial charge in [-0.15, -0.1) is 0 Å². The molecule has 2 aliphatic heterocycles. The maximum atomic E-state index is 6.85. The lowest BCUT2D eigenvalue weighted by Gasteiger charge is -2.31. The van der Waals surface area contributed by atoms with E-state index in [2.05, 4.69) is 88.0 Å². The highest BCUT2D eigenvalue weighted by Gasteiger charge is 2.55. The average molecular weight is 682 g/mol. The topological polar surface area (TPSA) is 30.9 Å². The summed E-state index contributed by atoms with van der Waals surface area (Å²) >= 11 is 0. The molecule has 4 nitrogen and oxygen atoms in total. The Labute approximate surface area is 304 Å². The Bertz CT molecular complexity index is 870. The highest BCUT2D eigenvalue weighted by atomic mass is 16.8. The smallest absolute Gasteiger partial charge is 0.170 e. The molecule has 2 rings (SSSR count). The van der Waals surface area contributed by atoms with Crippen molar-refractivity contribution in [3.8, 4) is 0 Å². The second-order valence-electron chi connectivity index (χ2n) is 15.1. The van der Waals surface area contributed by atoms with Gasteiger partial charge in [0.05, 0.1) is 0 Å². The van der Waals surface area contributed by atoms with Gasteiger partial charge in [-0.1, -0.05) is 146 Å². The van der Waals surface area contributed by atoms with Crippen LogP contribution in [-0.4, -0.2) is 49.6 Å². The zero-order valence-corrected chi connectivity index (χ0v) is 32.8. The van der Waals surface area contributed by atoms with Crippen LogP contribution in [0.4, 0.5) is 0 Å². The van der Waals surface area contributed by atoms with Crippen LogP contribution >= 0.6 is 0 Å². The number of rotatable bonds is 32. The Morgan fingerprint density at radius 1 is 0.551 bits per heavy atom. The Balaban J connectivity index is 1.63. The molecule has 3 atom stereocenters. The molecule has 2 saturated heterocycles. The van der Waals surface area contributed by atoms with E-state index in [0.717, 1.165) is 50.8 Å². The summed E-state index contributed by atoms with van der Waals surface area (Å²) in [5, 5.41) is 0. The Hall–Kier alpha value is -1.62. The Morgan fingerprint density at radius 3 is 1.39 bits per heavy atom. The van der Waals surface area contributed by atoms with Crippen molar-refractivity contribution in [1.82, 2.24) is 4.90 Å². The number of hydrogen-bond donors (Lipinski definition) is 0. The van der Waals surface area contributed by atoms with Crippen molar-refractivity contribution in [2.75, 3.05) is 20.6 Å². The van der Waals surface area contributed by atoms with Crippen LogP contribution in [0.15, 0.2) is 60.9 Å². The van der Waals surface area contributed by atoms with E-state index in [1.807, 2.05) is 0 Å². The first kappa shape index (κ1) is 43.5. The van der Waals surface area contributed by atoms with E-state index in [-0.39, 0.29) is 18.3 Å². The lowest BCUT2D eigenvalue weighted by Crippen LogP contribution is -2.38. The molecule has 0 amide bonds. The maximum Gasteiger partial charge on any atom is 0.170 e. The molecule has 4 heteroatoms. The van der Waals surface area contributed by atoms with Gasteiger partial charge in [-0.2, -0.15) is 0 Å². The molecule has 282 valence electrons. The second kappa shape index (κ2) is 29.0. The summed E-state index contributed by atoms with van der Waals surface area (Å²) in [6.45, 7) is 9.58. The van der Waals surface area contributed by atoms with Gasteiger partial charge in [0.1, 0.15) is 24.1 Å². The van der Waals surface area contributed by atoms with Crippen LogP contribution in [-0.2, 0) is 14.2 Å². The fourth-order valence-electron chi connectivity index (χ4n) is 7.11. The lowest BCUT2D eigenvalue weighted by molar-refractivity contribution is -0.202. The van der Waals surface area contributed by atoms with Gasteiger partial charge in [0.25, 0.3) is 0 Å². The fraction of sp³-hybridized carbons (Fsp3) is 0.778. The van der Waals surface area contributed by atoms with Gasteiger partial charge < -0.3 is 19.1 Å². The molecule has 0 aromatic carbocycles. The average Bonchev–Trinajstić information content (AvgIpc) is 3.59. The van der Waals surface area contributed by atoms with Crippen LogP contribution in [0, 0.1) is 0 Å². The molecule has 2 fully saturated rings. The molecule has 0 aliphatic carbocycles. The number of fused-ring (bicyclic) bond motifs is 1. The number of ether oxygens (including phenoxy) is 3. The summed E-state index contributed by atoms with van der Waals surface area (Å²) in [7, 11) is 4.19. The largest absolute Gasteiger partial charge is 0.488 e. The highest BCUT2D eigenvalue weighted by molar-refractivity contribution is 5.12.